The standard InChI is InChI=1S/C21H26N2O4/c1-25-13-14-26-19-11-5-4-10-18(19)20(24)23-15-16-7-6-12-22-21(16)27-17-8-2-3-9-17/h4-7,10-12,17H,2-3,8-9,13-15H2,1H3,(H,23,24). The predicted molar refractivity (Wildman–Crippen MR) is 102 cm³/mol. The molecule has 1 heterocycles. The molecule has 1 amide bonds. The lowest BCUT2D eigenvalue weighted by atomic mass is 10.2. The molecule has 0 atom stereocenters. The number of aromatic nitrogens is 1. The first-order chi connectivity index (χ1) is 13.3. The zero-order valence-corrected chi connectivity index (χ0v) is 15.6. The Morgan fingerprint density at radius 1 is 1.15 bits per heavy atom. The Morgan fingerprint density at radius 2 is 1.96 bits per heavy atom. The summed E-state index contributed by atoms with van der Waals surface area (Å²) < 4.78 is 16.7. The number of amides is 1. The van der Waals surface area contributed by atoms with Crippen LogP contribution in [0.4, 0.5) is 0 Å². The van der Waals surface area contributed by atoms with E-state index in [4.69, 9.17) is 14.2 Å². The van der Waals surface area contributed by atoms with Gasteiger partial charge in [-0.1, -0.05) is 18.2 Å². The number of hydrogen-bond acceptors (Lipinski definition) is 5. The van der Waals surface area contributed by atoms with Gasteiger partial charge in [0.05, 0.1) is 12.2 Å². The first kappa shape index (κ1) is 19.2. The summed E-state index contributed by atoms with van der Waals surface area (Å²) >= 11 is 0. The predicted octanol–water partition coefficient (Wildman–Crippen LogP) is 3.36. The van der Waals surface area contributed by atoms with Crippen LogP contribution in [0.5, 0.6) is 11.6 Å². The van der Waals surface area contributed by atoms with Gasteiger partial charge in [-0.25, -0.2) is 4.98 Å². The molecule has 1 N–H and O–H groups in total. The highest BCUT2D eigenvalue weighted by atomic mass is 16.5. The minimum absolute atomic E-state index is 0.196. The average Bonchev–Trinajstić information content (AvgIpc) is 3.21. The zero-order chi connectivity index (χ0) is 18.9. The third-order valence-electron chi connectivity index (χ3n) is 4.55. The van der Waals surface area contributed by atoms with Crippen LogP contribution in [0.15, 0.2) is 42.6 Å². The molecule has 0 bridgehead atoms. The van der Waals surface area contributed by atoms with Crippen molar-refractivity contribution in [3.63, 3.8) is 0 Å². The number of hydrogen-bond donors (Lipinski definition) is 1. The Labute approximate surface area is 159 Å². The Balaban J connectivity index is 1.62. The molecule has 0 saturated heterocycles. The van der Waals surface area contributed by atoms with Crippen molar-refractivity contribution < 1.29 is 19.0 Å². The van der Waals surface area contributed by atoms with Crippen molar-refractivity contribution in [1.29, 1.82) is 0 Å². The molecule has 0 spiro atoms. The molecule has 1 aliphatic carbocycles. The fraction of sp³-hybridized carbons (Fsp3) is 0.429. The van der Waals surface area contributed by atoms with Crippen LogP contribution in [-0.4, -0.2) is 37.3 Å². The number of pyridine rings is 1. The van der Waals surface area contributed by atoms with Crippen molar-refractivity contribution >= 4 is 5.91 Å². The molecule has 1 fully saturated rings. The molecule has 2 aromatic rings. The molecule has 27 heavy (non-hydrogen) atoms. The number of carbonyl (C=O) groups excluding carboxylic acids is 1. The van der Waals surface area contributed by atoms with Gasteiger partial charge < -0.3 is 19.5 Å². The molecule has 0 aliphatic heterocycles. The van der Waals surface area contributed by atoms with E-state index in [2.05, 4.69) is 10.3 Å². The number of para-hydroxylation sites is 1. The maximum Gasteiger partial charge on any atom is 0.255 e. The van der Waals surface area contributed by atoms with E-state index in [0.29, 0.717) is 37.0 Å². The van der Waals surface area contributed by atoms with Crippen molar-refractivity contribution in [1.82, 2.24) is 10.3 Å². The number of benzene rings is 1. The molecule has 6 nitrogen and oxygen atoms in total. The van der Waals surface area contributed by atoms with Gasteiger partial charge in [-0.3, -0.25) is 4.79 Å². The van der Waals surface area contributed by atoms with Crippen LogP contribution in [0.3, 0.4) is 0 Å². The number of methoxy groups -OCH3 is 1. The smallest absolute Gasteiger partial charge is 0.255 e. The maximum atomic E-state index is 12.6. The minimum Gasteiger partial charge on any atom is -0.490 e. The second-order valence-corrected chi connectivity index (χ2v) is 6.51. The van der Waals surface area contributed by atoms with E-state index < -0.39 is 0 Å². The topological polar surface area (TPSA) is 69.7 Å². The quantitative estimate of drug-likeness (QED) is 0.686. The van der Waals surface area contributed by atoms with Gasteiger partial charge in [0.15, 0.2) is 0 Å². The number of nitrogens with zero attached hydrogens (tertiary/aromatic N) is 1. The van der Waals surface area contributed by atoms with Gasteiger partial charge in [0, 0.05) is 25.4 Å². The third kappa shape index (κ3) is 5.44. The van der Waals surface area contributed by atoms with Crippen LogP contribution >= 0.6 is 0 Å². The first-order valence-corrected chi connectivity index (χ1v) is 9.37. The fourth-order valence-corrected chi connectivity index (χ4v) is 3.11. The number of rotatable bonds is 9. The summed E-state index contributed by atoms with van der Waals surface area (Å²) in [6.45, 7) is 1.21. The first-order valence-electron chi connectivity index (χ1n) is 9.37. The van der Waals surface area contributed by atoms with Gasteiger partial charge in [-0.05, 0) is 43.9 Å². The Bertz CT molecular complexity index is 744. The Kier molecular flexibility index (Phi) is 7.04. The largest absolute Gasteiger partial charge is 0.490 e. The number of ether oxygens (including phenoxy) is 3. The molecule has 1 aliphatic rings. The van der Waals surface area contributed by atoms with Crippen LogP contribution in [0.1, 0.15) is 41.6 Å². The molecule has 1 aromatic carbocycles. The van der Waals surface area contributed by atoms with E-state index in [-0.39, 0.29) is 12.0 Å². The number of nitrogens with one attached hydrogen (secondary N) is 1. The van der Waals surface area contributed by atoms with E-state index in [1.165, 1.54) is 12.8 Å². The second-order valence-electron chi connectivity index (χ2n) is 6.51. The van der Waals surface area contributed by atoms with Crippen LogP contribution in [0, 0.1) is 0 Å². The molecule has 0 unspecified atom stereocenters. The molecule has 144 valence electrons. The summed E-state index contributed by atoms with van der Waals surface area (Å²) in [6, 6.07) is 11.0. The summed E-state index contributed by atoms with van der Waals surface area (Å²) in [7, 11) is 1.61. The lowest BCUT2D eigenvalue weighted by Crippen LogP contribution is -2.24. The SMILES string of the molecule is COCCOc1ccccc1C(=O)NCc1cccnc1OC1CCCC1. The molecular formula is C21H26N2O4. The molecule has 6 heteroatoms. The fourth-order valence-electron chi connectivity index (χ4n) is 3.11. The van der Waals surface area contributed by atoms with Crippen molar-refractivity contribution in [3.05, 3.63) is 53.7 Å². The average molecular weight is 370 g/mol. The highest BCUT2D eigenvalue weighted by Crippen LogP contribution is 2.25. The van der Waals surface area contributed by atoms with E-state index in [0.717, 1.165) is 18.4 Å². The van der Waals surface area contributed by atoms with Crippen LogP contribution in [0.2, 0.25) is 0 Å². The number of carbonyl (C=O) groups is 1. The van der Waals surface area contributed by atoms with Crippen LogP contribution < -0.4 is 14.8 Å². The van der Waals surface area contributed by atoms with Gasteiger partial charge >= 0.3 is 0 Å². The summed E-state index contributed by atoms with van der Waals surface area (Å²) in [5.74, 6) is 0.952. The van der Waals surface area contributed by atoms with E-state index in [1.54, 1.807) is 25.4 Å². The van der Waals surface area contributed by atoms with E-state index in [9.17, 15) is 4.79 Å². The summed E-state index contributed by atoms with van der Waals surface area (Å²) in [5, 5.41) is 2.94. The lowest BCUT2D eigenvalue weighted by Gasteiger charge is -2.16. The van der Waals surface area contributed by atoms with Crippen molar-refractivity contribution in [2.75, 3.05) is 20.3 Å². The van der Waals surface area contributed by atoms with E-state index in [1.807, 2.05) is 24.3 Å². The van der Waals surface area contributed by atoms with Gasteiger partial charge in [0.1, 0.15) is 18.5 Å². The van der Waals surface area contributed by atoms with Crippen LogP contribution in [-0.2, 0) is 11.3 Å². The third-order valence-corrected chi connectivity index (χ3v) is 4.55. The Hall–Kier alpha value is -2.60. The monoisotopic (exact) mass is 370 g/mol. The minimum atomic E-state index is -0.196. The molecule has 1 aromatic heterocycles. The summed E-state index contributed by atoms with van der Waals surface area (Å²) in [5.41, 5.74) is 1.37. The lowest BCUT2D eigenvalue weighted by molar-refractivity contribution is 0.0942. The van der Waals surface area contributed by atoms with Crippen molar-refractivity contribution in [3.8, 4) is 11.6 Å². The normalized spacial score (nSPS) is 14.1. The highest BCUT2D eigenvalue weighted by molar-refractivity contribution is 5.96. The zero-order valence-electron chi connectivity index (χ0n) is 15.6. The molecule has 3 rings (SSSR count). The second kappa shape index (κ2) is 9.92. The van der Waals surface area contributed by atoms with Gasteiger partial charge in [-0.2, -0.15) is 0 Å². The van der Waals surface area contributed by atoms with Crippen molar-refractivity contribution in [2.45, 2.75) is 38.3 Å². The van der Waals surface area contributed by atoms with Gasteiger partial charge in [-0.15, -0.1) is 0 Å². The van der Waals surface area contributed by atoms with Crippen LogP contribution in [0.25, 0.3) is 0 Å². The maximum absolute atomic E-state index is 12.6. The molecule has 1 saturated carbocycles. The summed E-state index contributed by atoms with van der Waals surface area (Å²) in [6.07, 6.45) is 6.47. The van der Waals surface area contributed by atoms with Gasteiger partial charge in [0.25, 0.3) is 5.91 Å². The van der Waals surface area contributed by atoms with Gasteiger partial charge in [0.2, 0.25) is 5.88 Å². The Morgan fingerprint density at radius 3 is 2.78 bits per heavy atom. The molecular weight excluding hydrogens is 344 g/mol. The summed E-state index contributed by atoms with van der Waals surface area (Å²) in [4.78, 5) is 17.0. The highest BCUT2D eigenvalue weighted by Gasteiger charge is 2.19. The molecule has 0 radical (unpaired) electrons. The van der Waals surface area contributed by atoms with E-state index >= 15 is 0 Å². The van der Waals surface area contributed by atoms with Crippen molar-refractivity contribution in [2.24, 2.45) is 0 Å².